The Balaban J connectivity index is 1.85. The van der Waals surface area contributed by atoms with Crippen LogP contribution in [0.1, 0.15) is 27.8 Å². The SMILES string of the molecule is COCCNc1nc(Cl)c(C#N)c2c1CN(Cc1ccc(C#N)c(F)c1)CC2. The van der Waals surface area contributed by atoms with Gasteiger partial charge in [0.1, 0.15) is 28.9 Å². The van der Waals surface area contributed by atoms with Crippen LogP contribution >= 0.6 is 11.6 Å². The highest BCUT2D eigenvalue weighted by Gasteiger charge is 2.25. The summed E-state index contributed by atoms with van der Waals surface area (Å²) in [5.74, 6) is 0.131. The Bertz CT molecular complexity index is 967. The second kappa shape index (κ2) is 8.99. The van der Waals surface area contributed by atoms with Crippen molar-refractivity contribution in [2.24, 2.45) is 0 Å². The molecule has 6 nitrogen and oxygen atoms in total. The van der Waals surface area contributed by atoms with Crippen LogP contribution in [0.15, 0.2) is 18.2 Å². The quantitative estimate of drug-likeness (QED) is 0.593. The van der Waals surface area contributed by atoms with E-state index in [1.54, 1.807) is 13.2 Å². The Labute approximate surface area is 168 Å². The summed E-state index contributed by atoms with van der Waals surface area (Å²) < 4.78 is 19.0. The van der Waals surface area contributed by atoms with Crippen LogP contribution in [0.4, 0.5) is 10.2 Å². The zero-order chi connectivity index (χ0) is 20.1. The Morgan fingerprint density at radius 3 is 2.82 bits per heavy atom. The van der Waals surface area contributed by atoms with Gasteiger partial charge in [-0.1, -0.05) is 17.7 Å². The summed E-state index contributed by atoms with van der Waals surface area (Å²) in [7, 11) is 1.62. The molecule has 3 rings (SSSR count). The summed E-state index contributed by atoms with van der Waals surface area (Å²) in [6.45, 7) is 2.89. The number of nitrogens with one attached hydrogen (secondary N) is 1. The summed E-state index contributed by atoms with van der Waals surface area (Å²) >= 11 is 6.20. The van der Waals surface area contributed by atoms with Gasteiger partial charge in [0.25, 0.3) is 0 Å². The molecule has 28 heavy (non-hydrogen) atoms. The summed E-state index contributed by atoms with van der Waals surface area (Å²) in [5.41, 5.74) is 3.08. The number of pyridine rings is 1. The van der Waals surface area contributed by atoms with Gasteiger partial charge in [-0.3, -0.25) is 4.90 Å². The van der Waals surface area contributed by atoms with Gasteiger partial charge in [-0.05, 0) is 29.7 Å². The smallest absolute Gasteiger partial charge is 0.149 e. The molecule has 0 atom stereocenters. The predicted molar refractivity (Wildman–Crippen MR) is 103 cm³/mol. The van der Waals surface area contributed by atoms with Crippen molar-refractivity contribution in [2.75, 3.05) is 32.1 Å². The van der Waals surface area contributed by atoms with Gasteiger partial charge >= 0.3 is 0 Å². The summed E-state index contributed by atoms with van der Waals surface area (Å²) in [6.07, 6.45) is 0.651. The van der Waals surface area contributed by atoms with Gasteiger partial charge in [0.2, 0.25) is 0 Å². The van der Waals surface area contributed by atoms with Crippen molar-refractivity contribution >= 4 is 17.4 Å². The fourth-order valence-corrected chi connectivity index (χ4v) is 3.57. The molecule has 0 saturated heterocycles. The van der Waals surface area contributed by atoms with E-state index in [-0.39, 0.29) is 10.7 Å². The lowest BCUT2D eigenvalue weighted by molar-refractivity contribution is 0.210. The minimum atomic E-state index is -0.514. The van der Waals surface area contributed by atoms with E-state index in [9.17, 15) is 9.65 Å². The first kappa shape index (κ1) is 20.0. The van der Waals surface area contributed by atoms with Gasteiger partial charge in [-0.25, -0.2) is 9.37 Å². The molecule has 0 spiro atoms. The number of halogens is 2. The van der Waals surface area contributed by atoms with E-state index in [0.717, 1.165) is 16.7 Å². The van der Waals surface area contributed by atoms with E-state index in [1.807, 2.05) is 6.07 Å². The molecule has 1 aliphatic rings. The second-order valence-corrected chi connectivity index (χ2v) is 6.86. The minimum absolute atomic E-state index is 0.0369. The zero-order valence-corrected chi connectivity index (χ0v) is 16.2. The van der Waals surface area contributed by atoms with Crippen LogP contribution in [-0.4, -0.2) is 36.7 Å². The maximum absolute atomic E-state index is 13.9. The third kappa shape index (κ3) is 4.23. The number of nitriles is 2. The maximum atomic E-state index is 13.9. The van der Waals surface area contributed by atoms with Crippen molar-refractivity contribution in [1.82, 2.24) is 9.88 Å². The Morgan fingerprint density at radius 1 is 1.32 bits per heavy atom. The molecule has 1 N–H and O–H groups in total. The Kier molecular flexibility index (Phi) is 6.43. The van der Waals surface area contributed by atoms with Gasteiger partial charge < -0.3 is 10.1 Å². The largest absolute Gasteiger partial charge is 0.383 e. The Morgan fingerprint density at radius 2 is 2.14 bits per heavy atom. The van der Waals surface area contributed by atoms with Crippen molar-refractivity contribution in [3.05, 3.63) is 57.0 Å². The average Bonchev–Trinajstić information content (AvgIpc) is 2.69. The van der Waals surface area contributed by atoms with Crippen molar-refractivity contribution in [3.8, 4) is 12.1 Å². The van der Waals surface area contributed by atoms with Gasteiger partial charge in [-0.15, -0.1) is 0 Å². The number of benzene rings is 1. The third-order valence-corrected chi connectivity index (χ3v) is 4.97. The van der Waals surface area contributed by atoms with Gasteiger partial charge in [0.15, 0.2) is 0 Å². The van der Waals surface area contributed by atoms with Crippen LogP contribution in [0.2, 0.25) is 5.15 Å². The summed E-state index contributed by atoms with van der Waals surface area (Å²) in [6, 6.07) is 8.64. The van der Waals surface area contributed by atoms with Gasteiger partial charge in [0, 0.05) is 38.9 Å². The van der Waals surface area contributed by atoms with E-state index in [0.29, 0.717) is 50.6 Å². The fourth-order valence-electron chi connectivity index (χ4n) is 3.33. The number of anilines is 1. The topological polar surface area (TPSA) is 85.0 Å². The lowest BCUT2D eigenvalue weighted by Gasteiger charge is -2.31. The normalized spacial score (nSPS) is 13.5. The van der Waals surface area contributed by atoms with Crippen LogP contribution in [0.25, 0.3) is 0 Å². The summed E-state index contributed by atoms with van der Waals surface area (Å²) in [4.78, 5) is 6.52. The molecular formula is C20H19ClFN5O. The molecule has 2 heterocycles. The van der Waals surface area contributed by atoms with Crippen LogP contribution in [0.5, 0.6) is 0 Å². The number of hydrogen-bond donors (Lipinski definition) is 1. The molecule has 8 heteroatoms. The maximum Gasteiger partial charge on any atom is 0.149 e. The van der Waals surface area contributed by atoms with Crippen LogP contribution in [0, 0.1) is 28.5 Å². The molecule has 0 saturated carbocycles. The highest BCUT2D eigenvalue weighted by molar-refractivity contribution is 6.30. The molecule has 0 fully saturated rings. The predicted octanol–water partition coefficient (Wildman–Crippen LogP) is 3.23. The number of ether oxygens (including phenoxy) is 1. The van der Waals surface area contributed by atoms with Crippen molar-refractivity contribution in [1.29, 1.82) is 10.5 Å². The molecule has 0 aliphatic carbocycles. The fraction of sp³-hybridized carbons (Fsp3) is 0.350. The third-order valence-electron chi connectivity index (χ3n) is 4.70. The number of nitrogens with zero attached hydrogens (tertiary/aromatic N) is 4. The number of methoxy groups -OCH3 is 1. The minimum Gasteiger partial charge on any atom is -0.383 e. The standard InChI is InChI=1S/C20H19ClFN5O/c1-28-7-5-25-20-17-12-27(6-4-15(17)16(10-24)19(21)26-20)11-13-2-3-14(9-23)18(22)8-13/h2-3,8H,4-7,11-12H2,1H3,(H,25,26). The summed E-state index contributed by atoms with van der Waals surface area (Å²) in [5, 5.41) is 21.8. The number of hydrogen-bond acceptors (Lipinski definition) is 6. The molecule has 1 aromatic carbocycles. The number of aromatic nitrogens is 1. The monoisotopic (exact) mass is 399 g/mol. The van der Waals surface area contributed by atoms with Crippen LogP contribution in [0.3, 0.4) is 0 Å². The zero-order valence-electron chi connectivity index (χ0n) is 15.4. The molecule has 144 valence electrons. The molecule has 0 radical (unpaired) electrons. The van der Waals surface area contributed by atoms with Crippen molar-refractivity contribution in [2.45, 2.75) is 19.5 Å². The van der Waals surface area contributed by atoms with Crippen molar-refractivity contribution < 1.29 is 9.13 Å². The van der Waals surface area contributed by atoms with Crippen molar-refractivity contribution in [3.63, 3.8) is 0 Å². The lowest BCUT2D eigenvalue weighted by Crippen LogP contribution is -2.32. The highest BCUT2D eigenvalue weighted by Crippen LogP contribution is 2.32. The molecule has 1 aliphatic heterocycles. The first-order chi connectivity index (χ1) is 13.6. The number of fused-ring (bicyclic) bond motifs is 1. The van der Waals surface area contributed by atoms with E-state index in [1.165, 1.54) is 12.1 Å². The van der Waals surface area contributed by atoms with Crippen LogP contribution in [-0.2, 0) is 24.2 Å². The lowest BCUT2D eigenvalue weighted by atomic mass is 9.96. The van der Waals surface area contributed by atoms with Crippen LogP contribution < -0.4 is 5.32 Å². The first-order valence-corrected chi connectivity index (χ1v) is 9.20. The first-order valence-electron chi connectivity index (χ1n) is 8.82. The molecule has 0 amide bonds. The van der Waals surface area contributed by atoms with Gasteiger partial charge in [0.05, 0.1) is 17.7 Å². The number of rotatable bonds is 6. The molecule has 1 aromatic heterocycles. The van der Waals surface area contributed by atoms with E-state index in [2.05, 4.69) is 21.3 Å². The molecular weight excluding hydrogens is 381 g/mol. The van der Waals surface area contributed by atoms with E-state index in [4.69, 9.17) is 21.6 Å². The Hall–Kier alpha value is -2.71. The average molecular weight is 400 g/mol. The van der Waals surface area contributed by atoms with Gasteiger partial charge in [-0.2, -0.15) is 10.5 Å². The molecule has 0 bridgehead atoms. The van der Waals surface area contributed by atoms with E-state index >= 15 is 0 Å². The highest BCUT2D eigenvalue weighted by atomic mass is 35.5. The molecule has 0 unspecified atom stereocenters. The molecule has 2 aromatic rings. The second-order valence-electron chi connectivity index (χ2n) is 6.50. The van der Waals surface area contributed by atoms with E-state index < -0.39 is 5.82 Å².